The van der Waals surface area contributed by atoms with Gasteiger partial charge in [-0.1, -0.05) is 23.4 Å². The van der Waals surface area contributed by atoms with Crippen molar-refractivity contribution in [3.63, 3.8) is 0 Å². The van der Waals surface area contributed by atoms with Gasteiger partial charge in [0.05, 0.1) is 23.9 Å². The zero-order chi connectivity index (χ0) is 18.7. The summed E-state index contributed by atoms with van der Waals surface area (Å²) in [6, 6.07) is 10.1. The number of ether oxygens (including phenoxy) is 1. The van der Waals surface area contributed by atoms with E-state index in [2.05, 4.69) is 10.3 Å². The highest BCUT2D eigenvalue weighted by atomic mass is 19.1. The predicted molar refractivity (Wildman–Crippen MR) is 89.3 cm³/mol. The number of aromatic nitrogens is 3. The number of nitrogens with zero attached hydrogens (tertiary/aromatic N) is 3. The first-order chi connectivity index (χ1) is 12.5. The van der Waals surface area contributed by atoms with Crippen molar-refractivity contribution >= 4 is 16.9 Å². The molecule has 0 saturated carbocycles. The lowest BCUT2D eigenvalue weighted by Crippen LogP contribution is -2.26. The smallest absolute Gasteiger partial charge is 0.308 e. The fraction of sp³-hybridized carbons (Fsp3) is 0.222. The van der Waals surface area contributed by atoms with Gasteiger partial charge in [0.15, 0.2) is 0 Å². The topological polar surface area (TPSA) is 74.1 Å². The molecule has 0 spiro atoms. The summed E-state index contributed by atoms with van der Waals surface area (Å²) in [5, 5.41) is 8.07. The Kier molecular flexibility index (Phi) is 5.01. The van der Waals surface area contributed by atoms with E-state index in [0.29, 0.717) is 10.9 Å². The molecular formula is C18H15F2N3O3. The quantitative estimate of drug-likeness (QED) is 0.655. The number of esters is 1. The van der Waals surface area contributed by atoms with Gasteiger partial charge < -0.3 is 4.74 Å². The Hall–Kier alpha value is -3.16. The van der Waals surface area contributed by atoms with Gasteiger partial charge in [-0.05, 0) is 31.2 Å². The first kappa shape index (κ1) is 17.7. The number of halogens is 2. The third-order valence-corrected chi connectivity index (χ3v) is 3.87. The average Bonchev–Trinajstić information content (AvgIpc) is 2.61. The van der Waals surface area contributed by atoms with Crippen LogP contribution < -0.4 is 5.56 Å². The van der Waals surface area contributed by atoms with Crippen LogP contribution in [0.25, 0.3) is 10.9 Å². The maximum Gasteiger partial charge on any atom is 0.308 e. The van der Waals surface area contributed by atoms with Crippen LogP contribution in [-0.2, 0) is 16.1 Å². The number of benzene rings is 2. The highest BCUT2D eigenvalue weighted by molar-refractivity contribution is 5.76. The van der Waals surface area contributed by atoms with Gasteiger partial charge in [-0.2, -0.15) is 0 Å². The van der Waals surface area contributed by atoms with Crippen molar-refractivity contribution in [2.24, 2.45) is 0 Å². The first-order valence-corrected chi connectivity index (χ1v) is 7.93. The number of fused-ring (bicyclic) bond motifs is 1. The molecule has 2 aromatic carbocycles. The van der Waals surface area contributed by atoms with E-state index in [0.717, 1.165) is 16.8 Å². The summed E-state index contributed by atoms with van der Waals surface area (Å²) < 4.78 is 33.5. The van der Waals surface area contributed by atoms with Crippen molar-refractivity contribution in [2.45, 2.75) is 26.0 Å². The van der Waals surface area contributed by atoms with Crippen LogP contribution in [0.4, 0.5) is 8.78 Å². The fourth-order valence-electron chi connectivity index (χ4n) is 2.58. The number of aryl methyl sites for hydroxylation is 1. The minimum absolute atomic E-state index is 0.0536. The first-order valence-electron chi connectivity index (χ1n) is 7.93. The Morgan fingerprint density at radius 2 is 1.85 bits per heavy atom. The molecule has 0 amide bonds. The van der Waals surface area contributed by atoms with Crippen molar-refractivity contribution in [3.8, 4) is 0 Å². The van der Waals surface area contributed by atoms with E-state index >= 15 is 0 Å². The van der Waals surface area contributed by atoms with E-state index in [4.69, 9.17) is 4.74 Å². The van der Waals surface area contributed by atoms with Crippen molar-refractivity contribution < 1.29 is 18.3 Å². The molecule has 134 valence electrons. The maximum absolute atomic E-state index is 13.7. The lowest BCUT2D eigenvalue weighted by Gasteiger charge is -2.15. The minimum atomic E-state index is -1.09. The fourth-order valence-corrected chi connectivity index (χ4v) is 2.58. The van der Waals surface area contributed by atoms with Gasteiger partial charge in [-0.25, -0.2) is 13.5 Å². The number of hydrogen-bond donors (Lipinski definition) is 0. The number of carbonyl (C=O) groups is 1. The molecule has 0 radical (unpaired) electrons. The number of rotatable bonds is 5. The van der Waals surface area contributed by atoms with Gasteiger partial charge in [0.25, 0.3) is 5.56 Å². The second-order valence-electron chi connectivity index (χ2n) is 5.65. The second kappa shape index (κ2) is 7.38. The summed E-state index contributed by atoms with van der Waals surface area (Å²) >= 11 is 0. The molecule has 0 unspecified atom stereocenters. The molecule has 3 aromatic rings. The lowest BCUT2D eigenvalue weighted by atomic mass is 10.1. The maximum atomic E-state index is 13.7. The van der Waals surface area contributed by atoms with E-state index in [9.17, 15) is 18.4 Å². The van der Waals surface area contributed by atoms with Gasteiger partial charge in [-0.3, -0.25) is 9.59 Å². The Bertz CT molecular complexity index is 1000. The number of hydrogen-bond acceptors (Lipinski definition) is 5. The van der Waals surface area contributed by atoms with Crippen LogP contribution in [0.1, 0.15) is 25.0 Å². The molecule has 0 aliphatic rings. The van der Waals surface area contributed by atoms with Gasteiger partial charge in [0.1, 0.15) is 23.3 Å². The molecule has 0 N–H and O–H groups in total. The Balaban J connectivity index is 1.68. The van der Waals surface area contributed by atoms with Crippen LogP contribution in [-0.4, -0.2) is 21.0 Å². The summed E-state index contributed by atoms with van der Waals surface area (Å²) in [7, 11) is 0. The zero-order valence-corrected chi connectivity index (χ0v) is 13.9. The molecule has 6 nitrogen and oxygen atoms in total. The zero-order valence-electron chi connectivity index (χ0n) is 13.9. The summed E-state index contributed by atoms with van der Waals surface area (Å²) in [5.41, 5.74) is -0.236. The Morgan fingerprint density at radius 3 is 2.58 bits per heavy atom. The third-order valence-electron chi connectivity index (χ3n) is 3.87. The molecule has 1 aromatic heterocycles. The highest BCUT2D eigenvalue weighted by Crippen LogP contribution is 2.23. The van der Waals surface area contributed by atoms with Crippen molar-refractivity contribution in [1.82, 2.24) is 15.0 Å². The van der Waals surface area contributed by atoms with Crippen molar-refractivity contribution in [1.29, 1.82) is 0 Å². The molecule has 26 heavy (non-hydrogen) atoms. The Morgan fingerprint density at radius 1 is 1.15 bits per heavy atom. The largest absolute Gasteiger partial charge is 0.457 e. The van der Waals surface area contributed by atoms with Crippen LogP contribution >= 0.6 is 0 Å². The summed E-state index contributed by atoms with van der Waals surface area (Å²) in [6.45, 7) is 1.32. The normalized spacial score (nSPS) is 12.1. The van der Waals surface area contributed by atoms with E-state index in [1.807, 2.05) is 0 Å². The predicted octanol–water partition coefficient (Wildman–Crippen LogP) is 2.76. The van der Waals surface area contributed by atoms with E-state index < -0.39 is 23.7 Å². The molecule has 0 bridgehead atoms. The monoisotopic (exact) mass is 359 g/mol. The molecule has 0 fully saturated rings. The van der Waals surface area contributed by atoms with Crippen molar-refractivity contribution in [2.75, 3.05) is 0 Å². The SMILES string of the molecule is C[C@@H](OC(=O)CCn1nnc2ccccc2c1=O)c1c(F)cccc1F. The summed E-state index contributed by atoms with van der Waals surface area (Å²) in [4.78, 5) is 24.3. The lowest BCUT2D eigenvalue weighted by molar-refractivity contribution is -0.149. The molecular weight excluding hydrogens is 344 g/mol. The number of carbonyl (C=O) groups excluding carboxylic acids is 1. The van der Waals surface area contributed by atoms with Crippen LogP contribution in [0, 0.1) is 11.6 Å². The minimum Gasteiger partial charge on any atom is -0.457 e. The Labute approximate surface area is 147 Å². The average molecular weight is 359 g/mol. The molecule has 1 atom stereocenters. The van der Waals surface area contributed by atoms with E-state index in [1.165, 1.54) is 13.0 Å². The summed E-state index contributed by atoms with van der Waals surface area (Å²) in [5.74, 6) is -2.29. The standard InChI is InChI=1S/C18H15F2N3O3/c1-11(17-13(19)6-4-7-14(17)20)26-16(24)9-10-23-18(25)12-5-2-3-8-15(12)21-22-23/h2-8,11H,9-10H2,1H3/t11-/m1/s1. The third kappa shape index (κ3) is 3.58. The van der Waals surface area contributed by atoms with Gasteiger partial charge in [-0.15, -0.1) is 5.10 Å². The van der Waals surface area contributed by atoms with E-state index in [-0.39, 0.29) is 24.1 Å². The molecule has 0 saturated heterocycles. The van der Waals surface area contributed by atoms with Crippen LogP contribution in [0.3, 0.4) is 0 Å². The van der Waals surface area contributed by atoms with Gasteiger partial charge >= 0.3 is 5.97 Å². The molecule has 3 rings (SSSR count). The summed E-state index contributed by atoms with van der Waals surface area (Å²) in [6.07, 6.45) is -1.28. The van der Waals surface area contributed by atoms with E-state index in [1.54, 1.807) is 24.3 Å². The molecule has 1 heterocycles. The van der Waals surface area contributed by atoms with Crippen LogP contribution in [0.15, 0.2) is 47.3 Å². The van der Waals surface area contributed by atoms with Crippen LogP contribution in [0.5, 0.6) is 0 Å². The van der Waals surface area contributed by atoms with Gasteiger partial charge in [0, 0.05) is 0 Å². The molecule has 0 aliphatic heterocycles. The van der Waals surface area contributed by atoms with Crippen molar-refractivity contribution in [3.05, 3.63) is 70.0 Å². The van der Waals surface area contributed by atoms with Crippen LogP contribution in [0.2, 0.25) is 0 Å². The second-order valence-corrected chi connectivity index (χ2v) is 5.65. The molecule has 0 aliphatic carbocycles. The van der Waals surface area contributed by atoms with Gasteiger partial charge in [0.2, 0.25) is 0 Å². The highest BCUT2D eigenvalue weighted by Gasteiger charge is 2.20. The molecule has 8 heteroatoms.